The van der Waals surface area contributed by atoms with E-state index in [2.05, 4.69) is 72.2 Å². The number of quaternary nitrogens is 1. The predicted molar refractivity (Wildman–Crippen MR) is 120 cm³/mol. The van der Waals surface area contributed by atoms with Gasteiger partial charge in [0.15, 0.2) is 5.11 Å². The number of morpholine rings is 1. The van der Waals surface area contributed by atoms with Crippen molar-refractivity contribution in [2.45, 2.75) is 32.2 Å². The highest BCUT2D eigenvalue weighted by Gasteiger charge is 2.22. The number of unbranched alkanes of at least 4 members (excludes halogenated alkanes) is 1. The molecule has 0 radical (unpaired) electrons. The molecular weight excluding hydrogens is 366 g/mol. The number of aryl methyl sites for hydroxylation is 1. The van der Waals surface area contributed by atoms with E-state index in [0.717, 1.165) is 45.0 Å². The first-order chi connectivity index (χ1) is 13.7. The first-order valence-electron chi connectivity index (χ1n) is 10.4. The average Bonchev–Trinajstić information content (AvgIpc) is 2.74. The van der Waals surface area contributed by atoms with Crippen molar-refractivity contribution in [1.82, 2.24) is 5.32 Å². The summed E-state index contributed by atoms with van der Waals surface area (Å²) in [6.07, 6.45) is 3.59. The van der Waals surface area contributed by atoms with Crippen LogP contribution in [0.1, 0.15) is 36.9 Å². The van der Waals surface area contributed by atoms with Crippen molar-refractivity contribution in [2.75, 3.05) is 38.2 Å². The molecule has 1 atom stereocenters. The minimum Gasteiger partial charge on any atom is -0.370 e. The van der Waals surface area contributed by atoms with Crippen LogP contribution in [0.5, 0.6) is 0 Å². The molecule has 0 unspecified atom stereocenters. The molecule has 1 heterocycles. The smallest absolute Gasteiger partial charge is 0.171 e. The molecule has 150 valence electrons. The highest BCUT2D eigenvalue weighted by Crippen LogP contribution is 2.14. The molecule has 2 aromatic carbocycles. The first kappa shape index (κ1) is 20.8. The van der Waals surface area contributed by atoms with E-state index in [9.17, 15) is 0 Å². The van der Waals surface area contributed by atoms with E-state index in [1.165, 1.54) is 24.0 Å². The van der Waals surface area contributed by atoms with Gasteiger partial charge in [-0.1, -0.05) is 55.8 Å². The molecule has 0 amide bonds. The van der Waals surface area contributed by atoms with Crippen molar-refractivity contribution >= 4 is 23.0 Å². The maximum atomic E-state index is 5.63. The van der Waals surface area contributed by atoms with Crippen molar-refractivity contribution in [1.29, 1.82) is 0 Å². The lowest BCUT2D eigenvalue weighted by molar-refractivity contribution is -0.909. The highest BCUT2D eigenvalue weighted by atomic mass is 32.1. The number of rotatable bonds is 8. The lowest BCUT2D eigenvalue weighted by Crippen LogP contribution is -3.14. The summed E-state index contributed by atoms with van der Waals surface area (Å²) in [5.41, 5.74) is 3.67. The van der Waals surface area contributed by atoms with Crippen LogP contribution in [0.15, 0.2) is 54.6 Å². The molecule has 0 aliphatic carbocycles. The van der Waals surface area contributed by atoms with Crippen LogP contribution in [0.2, 0.25) is 0 Å². The SMILES string of the molecule is CCCCc1ccc(NC(=S)N[C@H](C[NH+]2CCOCC2)c2ccccc2)cc1. The highest BCUT2D eigenvalue weighted by molar-refractivity contribution is 7.80. The van der Waals surface area contributed by atoms with Crippen LogP contribution in [0, 0.1) is 0 Å². The summed E-state index contributed by atoms with van der Waals surface area (Å²) in [6, 6.07) is 19.4. The van der Waals surface area contributed by atoms with Crippen molar-refractivity contribution in [3.63, 3.8) is 0 Å². The first-order valence-corrected chi connectivity index (χ1v) is 10.8. The zero-order chi connectivity index (χ0) is 19.6. The summed E-state index contributed by atoms with van der Waals surface area (Å²) in [5, 5.41) is 7.56. The minimum atomic E-state index is 0.179. The van der Waals surface area contributed by atoms with E-state index in [0.29, 0.717) is 5.11 Å². The Labute approximate surface area is 174 Å². The minimum absolute atomic E-state index is 0.179. The second-order valence-corrected chi connectivity index (χ2v) is 7.84. The fourth-order valence-electron chi connectivity index (χ4n) is 3.55. The number of nitrogens with one attached hydrogen (secondary N) is 3. The molecule has 0 bridgehead atoms. The molecule has 5 heteroatoms. The molecule has 4 nitrogen and oxygen atoms in total. The van der Waals surface area contributed by atoms with Crippen LogP contribution in [0.3, 0.4) is 0 Å². The lowest BCUT2D eigenvalue weighted by atomic mass is 10.1. The van der Waals surface area contributed by atoms with Crippen molar-refractivity contribution in [2.24, 2.45) is 0 Å². The Morgan fingerprint density at radius 1 is 1.07 bits per heavy atom. The number of thiocarbonyl (C=S) groups is 1. The van der Waals surface area contributed by atoms with Crippen LogP contribution in [0.4, 0.5) is 5.69 Å². The second-order valence-electron chi connectivity index (χ2n) is 7.43. The average molecular weight is 399 g/mol. The number of anilines is 1. The topological polar surface area (TPSA) is 37.7 Å². The van der Waals surface area contributed by atoms with Crippen molar-refractivity contribution in [3.05, 3.63) is 65.7 Å². The summed E-state index contributed by atoms with van der Waals surface area (Å²) in [5.74, 6) is 0. The summed E-state index contributed by atoms with van der Waals surface area (Å²) in [4.78, 5) is 1.55. The molecule has 2 aromatic rings. The number of hydrogen-bond acceptors (Lipinski definition) is 2. The van der Waals surface area contributed by atoms with Gasteiger partial charge in [0.1, 0.15) is 25.7 Å². The molecule has 0 saturated carbocycles. The Morgan fingerprint density at radius 3 is 2.46 bits per heavy atom. The Morgan fingerprint density at radius 2 is 1.79 bits per heavy atom. The second kappa shape index (κ2) is 11.1. The van der Waals surface area contributed by atoms with E-state index in [1.807, 2.05) is 0 Å². The van der Waals surface area contributed by atoms with Crippen LogP contribution in [-0.2, 0) is 11.2 Å². The molecule has 1 saturated heterocycles. The van der Waals surface area contributed by atoms with Gasteiger partial charge < -0.3 is 20.3 Å². The summed E-state index contributed by atoms with van der Waals surface area (Å²) in [7, 11) is 0. The van der Waals surface area contributed by atoms with E-state index in [1.54, 1.807) is 4.90 Å². The number of benzene rings is 2. The number of ether oxygens (including phenoxy) is 1. The van der Waals surface area contributed by atoms with E-state index >= 15 is 0 Å². The molecule has 0 spiro atoms. The quantitative estimate of drug-likeness (QED) is 0.598. The van der Waals surface area contributed by atoms with E-state index < -0.39 is 0 Å². The molecule has 1 fully saturated rings. The normalized spacial score (nSPS) is 15.8. The summed E-state index contributed by atoms with van der Waals surface area (Å²) >= 11 is 5.63. The van der Waals surface area contributed by atoms with Crippen LogP contribution in [-0.4, -0.2) is 38.0 Å². The summed E-state index contributed by atoms with van der Waals surface area (Å²) in [6.45, 7) is 6.98. The Kier molecular flexibility index (Phi) is 8.27. The molecule has 28 heavy (non-hydrogen) atoms. The molecule has 1 aliphatic rings. The fourth-order valence-corrected chi connectivity index (χ4v) is 3.81. The molecular formula is C23H32N3OS+. The Balaban J connectivity index is 1.60. The van der Waals surface area contributed by atoms with Gasteiger partial charge in [-0.3, -0.25) is 0 Å². The van der Waals surface area contributed by atoms with Gasteiger partial charge >= 0.3 is 0 Å². The monoisotopic (exact) mass is 398 g/mol. The van der Waals surface area contributed by atoms with Gasteiger partial charge in [0, 0.05) is 5.69 Å². The molecule has 3 N–H and O–H groups in total. The van der Waals surface area contributed by atoms with Gasteiger partial charge in [-0.15, -0.1) is 0 Å². The summed E-state index contributed by atoms with van der Waals surface area (Å²) < 4.78 is 5.50. The van der Waals surface area contributed by atoms with Crippen LogP contribution >= 0.6 is 12.2 Å². The standard InChI is InChI=1S/C23H31N3OS/c1-2-3-7-19-10-12-21(13-11-19)24-23(28)25-22(20-8-5-4-6-9-20)18-26-14-16-27-17-15-26/h4-6,8-13,22H,2-3,7,14-18H2,1H3,(H2,24,25,28)/p+1/t22-/m1/s1. The maximum Gasteiger partial charge on any atom is 0.171 e. The van der Waals surface area contributed by atoms with Gasteiger partial charge in [-0.2, -0.15) is 0 Å². The third kappa shape index (κ3) is 6.59. The van der Waals surface area contributed by atoms with Crippen molar-refractivity contribution in [3.8, 4) is 0 Å². The van der Waals surface area contributed by atoms with E-state index in [-0.39, 0.29) is 6.04 Å². The third-order valence-electron chi connectivity index (χ3n) is 5.23. The fraction of sp³-hybridized carbons (Fsp3) is 0.435. The largest absolute Gasteiger partial charge is 0.370 e. The third-order valence-corrected chi connectivity index (χ3v) is 5.45. The van der Waals surface area contributed by atoms with Gasteiger partial charge in [0.25, 0.3) is 0 Å². The van der Waals surface area contributed by atoms with E-state index in [4.69, 9.17) is 17.0 Å². The number of hydrogen-bond donors (Lipinski definition) is 3. The zero-order valence-corrected chi connectivity index (χ0v) is 17.6. The predicted octanol–water partition coefficient (Wildman–Crippen LogP) is 2.97. The molecule has 3 rings (SSSR count). The molecule has 1 aliphatic heterocycles. The lowest BCUT2D eigenvalue weighted by Gasteiger charge is -2.29. The maximum absolute atomic E-state index is 5.63. The van der Waals surface area contributed by atoms with Gasteiger partial charge in [-0.25, -0.2) is 0 Å². The Hall–Kier alpha value is -1.95. The van der Waals surface area contributed by atoms with Crippen LogP contribution in [0.25, 0.3) is 0 Å². The zero-order valence-electron chi connectivity index (χ0n) is 16.7. The Bertz CT molecular complexity index is 714. The van der Waals surface area contributed by atoms with Crippen LogP contribution < -0.4 is 15.5 Å². The van der Waals surface area contributed by atoms with Gasteiger partial charge in [-0.05, 0) is 48.3 Å². The molecule has 0 aromatic heterocycles. The van der Waals surface area contributed by atoms with Gasteiger partial charge in [0.05, 0.1) is 13.2 Å². The van der Waals surface area contributed by atoms with Crippen molar-refractivity contribution < 1.29 is 9.64 Å². The van der Waals surface area contributed by atoms with Gasteiger partial charge in [0.2, 0.25) is 0 Å².